The molecule has 1 amide bonds. The number of pyridine rings is 1. The van der Waals surface area contributed by atoms with Gasteiger partial charge in [-0.15, -0.1) is 0 Å². The Morgan fingerprint density at radius 2 is 2.26 bits per heavy atom. The molecule has 5 heteroatoms. The van der Waals surface area contributed by atoms with Crippen molar-refractivity contribution < 1.29 is 9.90 Å². The predicted molar refractivity (Wildman–Crippen MR) is 74.0 cm³/mol. The van der Waals surface area contributed by atoms with E-state index in [1.807, 2.05) is 6.07 Å². The van der Waals surface area contributed by atoms with Gasteiger partial charge in [0.1, 0.15) is 5.69 Å². The monoisotopic (exact) mass is 263 g/mol. The van der Waals surface area contributed by atoms with Crippen molar-refractivity contribution in [1.82, 2.24) is 10.3 Å². The number of rotatable bonds is 5. The van der Waals surface area contributed by atoms with Crippen LogP contribution in [-0.4, -0.2) is 36.2 Å². The number of aliphatic hydroxyl groups is 1. The second-order valence-corrected chi connectivity index (χ2v) is 5.02. The van der Waals surface area contributed by atoms with Gasteiger partial charge in [0.25, 0.3) is 5.91 Å². The summed E-state index contributed by atoms with van der Waals surface area (Å²) in [4.78, 5) is 15.5. The van der Waals surface area contributed by atoms with E-state index in [9.17, 15) is 9.90 Å². The minimum atomic E-state index is -0.183. The van der Waals surface area contributed by atoms with Crippen LogP contribution in [0.15, 0.2) is 18.3 Å². The Hall–Kier alpha value is -1.62. The van der Waals surface area contributed by atoms with Crippen molar-refractivity contribution in [1.29, 1.82) is 0 Å². The molecule has 0 spiro atoms. The molecule has 2 atom stereocenters. The SMILES string of the molecule is CNC(=O)c1cc(NCC2CCCC2CO)ccn1. The highest BCUT2D eigenvalue weighted by atomic mass is 16.3. The fourth-order valence-electron chi connectivity index (χ4n) is 2.66. The maximum Gasteiger partial charge on any atom is 0.269 e. The van der Waals surface area contributed by atoms with E-state index in [-0.39, 0.29) is 12.5 Å². The van der Waals surface area contributed by atoms with Gasteiger partial charge in [-0.25, -0.2) is 0 Å². The van der Waals surface area contributed by atoms with Crippen LogP contribution in [0.4, 0.5) is 5.69 Å². The van der Waals surface area contributed by atoms with Gasteiger partial charge in [-0.3, -0.25) is 9.78 Å². The molecule has 1 heterocycles. The van der Waals surface area contributed by atoms with Crippen LogP contribution < -0.4 is 10.6 Å². The third-order valence-electron chi connectivity index (χ3n) is 3.84. The minimum absolute atomic E-state index is 0.183. The lowest BCUT2D eigenvalue weighted by molar-refractivity contribution is 0.0958. The van der Waals surface area contributed by atoms with Gasteiger partial charge in [0.05, 0.1) is 0 Å². The van der Waals surface area contributed by atoms with E-state index in [4.69, 9.17) is 0 Å². The lowest BCUT2D eigenvalue weighted by atomic mass is 9.97. The van der Waals surface area contributed by atoms with E-state index in [1.165, 1.54) is 6.42 Å². The Morgan fingerprint density at radius 1 is 1.47 bits per heavy atom. The van der Waals surface area contributed by atoms with Crippen molar-refractivity contribution in [2.75, 3.05) is 25.5 Å². The highest BCUT2D eigenvalue weighted by Crippen LogP contribution is 2.31. The van der Waals surface area contributed by atoms with Crippen LogP contribution in [0.1, 0.15) is 29.8 Å². The van der Waals surface area contributed by atoms with Crippen LogP contribution in [0.3, 0.4) is 0 Å². The molecule has 1 aromatic rings. The number of nitrogens with one attached hydrogen (secondary N) is 2. The first-order valence-electron chi connectivity index (χ1n) is 6.77. The Morgan fingerprint density at radius 3 is 3.00 bits per heavy atom. The second kappa shape index (κ2) is 6.52. The summed E-state index contributed by atoms with van der Waals surface area (Å²) in [6.45, 7) is 1.11. The molecule has 1 aromatic heterocycles. The average Bonchev–Trinajstić information content (AvgIpc) is 2.92. The zero-order chi connectivity index (χ0) is 13.7. The first kappa shape index (κ1) is 13.8. The van der Waals surface area contributed by atoms with E-state index in [2.05, 4.69) is 15.6 Å². The zero-order valence-electron chi connectivity index (χ0n) is 11.2. The third kappa shape index (κ3) is 3.44. The summed E-state index contributed by atoms with van der Waals surface area (Å²) in [6.07, 6.45) is 5.09. The largest absolute Gasteiger partial charge is 0.396 e. The summed E-state index contributed by atoms with van der Waals surface area (Å²) in [5.74, 6) is 0.743. The number of aliphatic hydroxyl groups excluding tert-OH is 1. The molecule has 0 radical (unpaired) electrons. The van der Waals surface area contributed by atoms with Gasteiger partial charge in [0.15, 0.2) is 0 Å². The summed E-state index contributed by atoms with van der Waals surface area (Å²) in [5.41, 5.74) is 1.31. The van der Waals surface area contributed by atoms with E-state index in [1.54, 1.807) is 19.3 Å². The molecule has 19 heavy (non-hydrogen) atoms. The molecular formula is C14H21N3O2. The maximum atomic E-state index is 11.5. The molecule has 0 saturated heterocycles. The Labute approximate surface area is 113 Å². The van der Waals surface area contributed by atoms with Gasteiger partial charge in [0.2, 0.25) is 0 Å². The molecule has 1 saturated carbocycles. The van der Waals surface area contributed by atoms with Crippen molar-refractivity contribution in [3.05, 3.63) is 24.0 Å². The van der Waals surface area contributed by atoms with Crippen molar-refractivity contribution in [2.45, 2.75) is 19.3 Å². The van der Waals surface area contributed by atoms with Gasteiger partial charge in [0, 0.05) is 32.1 Å². The van der Waals surface area contributed by atoms with Gasteiger partial charge in [-0.2, -0.15) is 0 Å². The molecule has 0 aromatic carbocycles. The van der Waals surface area contributed by atoms with Crippen molar-refractivity contribution in [2.24, 2.45) is 11.8 Å². The number of nitrogens with zero attached hydrogens (tertiary/aromatic N) is 1. The molecule has 0 bridgehead atoms. The Bertz CT molecular complexity index is 436. The van der Waals surface area contributed by atoms with E-state index < -0.39 is 0 Å². The van der Waals surface area contributed by atoms with Crippen molar-refractivity contribution >= 4 is 11.6 Å². The number of aromatic nitrogens is 1. The molecule has 1 aliphatic rings. The fraction of sp³-hybridized carbons (Fsp3) is 0.571. The molecular weight excluding hydrogens is 242 g/mol. The lowest BCUT2D eigenvalue weighted by Gasteiger charge is -2.18. The molecule has 1 aliphatic carbocycles. The predicted octanol–water partition coefficient (Wildman–Crippen LogP) is 1.26. The standard InChI is InChI=1S/C14H21N3O2/c1-15-14(19)13-7-12(5-6-16-13)17-8-10-3-2-4-11(10)9-18/h5-7,10-11,18H,2-4,8-9H2,1H3,(H,15,19)(H,16,17). The third-order valence-corrected chi connectivity index (χ3v) is 3.84. The number of amides is 1. The molecule has 1 fully saturated rings. The van der Waals surface area contributed by atoms with Crippen molar-refractivity contribution in [3.8, 4) is 0 Å². The summed E-state index contributed by atoms with van der Waals surface area (Å²) >= 11 is 0. The van der Waals surface area contributed by atoms with Gasteiger partial charge < -0.3 is 15.7 Å². The highest BCUT2D eigenvalue weighted by Gasteiger charge is 2.26. The zero-order valence-corrected chi connectivity index (χ0v) is 11.2. The average molecular weight is 263 g/mol. The molecule has 3 N–H and O–H groups in total. The lowest BCUT2D eigenvalue weighted by Crippen LogP contribution is -2.22. The number of carbonyl (C=O) groups is 1. The maximum absolute atomic E-state index is 11.5. The van der Waals surface area contributed by atoms with Crippen LogP contribution in [0.5, 0.6) is 0 Å². The van der Waals surface area contributed by atoms with Crippen LogP contribution in [-0.2, 0) is 0 Å². The molecule has 2 unspecified atom stereocenters. The summed E-state index contributed by atoms with van der Waals surface area (Å²) < 4.78 is 0. The normalized spacial score (nSPS) is 22.2. The van der Waals surface area contributed by atoms with E-state index in [0.29, 0.717) is 17.5 Å². The number of hydrogen-bond donors (Lipinski definition) is 3. The minimum Gasteiger partial charge on any atom is -0.396 e. The second-order valence-electron chi connectivity index (χ2n) is 5.02. The number of hydrogen-bond acceptors (Lipinski definition) is 4. The smallest absolute Gasteiger partial charge is 0.269 e. The van der Waals surface area contributed by atoms with Crippen LogP contribution >= 0.6 is 0 Å². The van der Waals surface area contributed by atoms with Crippen LogP contribution in [0.25, 0.3) is 0 Å². The summed E-state index contributed by atoms with van der Waals surface area (Å²) in [6, 6.07) is 3.61. The molecule has 2 rings (SSSR count). The Kier molecular flexibility index (Phi) is 4.74. The molecule has 5 nitrogen and oxygen atoms in total. The van der Waals surface area contributed by atoms with E-state index >= 15 is 0 Å². The Balaban J connectivity index is 1.94. The highest BCUT2D eigenvalue weighted by molar-refractivity contribution is 5.92. The van der Waals surface area contributed by atoms with Gasteiger partial charge >= 0.3 is 0 Å². The number of anilines is 1. The quantitative estimate of drug-likeness (QED) is 0.747. The van der Waals surface area contributed by atoms with Crippen molar-refractivity contribution in [3.63, 3.8) is 0 Å². The molecule has 104 valence electrons. The van der Waals surface area contributed by atoms with E-state index in [0.717, 1.165) is 25.1 Å². The number of carbonyl (C=O) groups excluding carboxylic acids is 1. The topological polar surface area (TPSA) is 74.2 Å². The first-order valence-corrected chi connectivity index (χ1v) is 6.77. The first-order chi connectivity index (χ1) is 9.24. The summed E-state index contributed by atoms with van der Waals surface area (Å²) in [5, 5.41) is 15.2. The summed E-state index contributed by atoms with van der Waals surface area (Å²) in [7, 11) is 1.59. The van der Waals surface area contributed by atoms with Crippen LogP contribution in [0.2, 0.25) is 0 Å². The van der Waals surface area contributed by atoms with Crippen LogP contribution in [0, 0.1) is 11.8 Å². The van der Waals surface area contributed by atoms with Gasteiger partial charge in [-0.1, -0.05) is 6.42 Å². The fourth-order valence-corrected chi connectivity index (χ4v) is 2.66. The van der Waals surface area contributed by atoms with Gasteiger partial charge in [-0.05, 0) is 36.8 Å². The molecule has 0 aliphatic heterocycles.